The van der Waals surface area contributed by atoms with Crippen LogP contribution in [0.15, 0.2) is 36.4 Å². The fourth-order valence-electron chi connectivity index (χ4n) is 1.94. The number of rotatable bonds is 4. The highest BCUT2D eigenvalue weighted by Gasteiger charge is 2.11. The molecule has 1 N–H and O–H groups in total. The third kappa shape index (κ3) is 3.12. The number of aryl methyl sites for hydroxylation is 2. The van der Waals surface area contributed by atoms with Gasteiger partial charge in [-0.2, -0.15) is 0 Å². The van der Waals surface area contributed by atoms with Gasteiger partial charge in [0.1, 0.15) is 5.82 Å². The van der Waals surface area contributed by atoms with Crippen molar-refractivity contribution in [3.05, 3.63) is 69.0 Å². The number of halogens is 1. The van der Waals surface area contributed by atoms with E-state index in [1.807, 2.05) is 13.0 Å². The van der Waals surface area contributed by atoms with Crippen LogP contribution in [-0.4, -0.2) is 4.92 Å². The highest BCUT2D eigenvalue weighted by Crippen LogP contribution is 2.21. The molecule has 0 aromatic heterocycles. The molecule has 2 aromatic carbocycles. The summed E-state index contributed by atoms with van der Waals surface area (Å²) >= 11 is 0. The van der Waals surface area contributed by atoms with E-state index in [9.17, 15) is 14.5 Å². The van der Waals surface area contributed by atoms with Gasteiger partial charge in [-0.25, -0.2) is 4.39 Å². The van der Waals surface area contributed by atoms with Gasteiger partial charge in [0.05, 0.1) is 4.92 Å². The van der Waals surface area contributed by atoms with E-state index in [-0.39, 0.29) is 11.5 Å². The fraction of sp³-hybridized carbons (Fsp3) is 0.200. The quantitative estimate of drug-likeness (QED) is 0.678. The van der Waals surface area contributed by atoms with Gasteiger partial charge in [-0.05, 0) is 37.1 Å². The van der Waals surface area contributed by atoms with Crippen molar-refractivity contribution in [1.29, 1.82) is 0 Å². The lowest BCUT2D eigenvalue weighted by molar-refractivity contribution is -0.385. The van der Waals surface area contributed by atoms with Crippen molar-refractivity contribution in [3.8, 4) is 0 Å². The normalized spacial score (nSPS) is 10.3. The molecular formula is C15H15FN2O2. The molecule has 104 valence electrons. The summed E-state index contributed by atoms with van der Waals surface area (Å²) in [5, 5.41) is 14.0. The predicted octanol–water partition coefficient (Wildman–Crippen LogP) is 3.96. The molecule has 0 fully saturated rings. The Morgan fingerprint density at radius 3 is 2.55 bits per heavy atom. The van der Waals surface area contributed by atoms with Crippen LogP contribution in [-0.2, 0) is 6.54 Å². The van der Waals surface area contributed by atoms with Gasteiger partial charge < -0.3 is 5.32 Å². The van der Waals surface area contributed by atoms with E-state index in [0.29, 0.717) is 17.8 Å². The minimum atomic E-state index is -0.397. The predicted molar refractivity (Wildman–Crippen MR) is 76.3 cm³/mol. The van der Waals surface area contributed by atoms with Crippen molar-refractivity contribution < 1.29 is 9.31 Å². The molecule has 0 bridgehead atoms. The Kier molecular flexibility index (Phi) is 3.98. The molecule has 0 aliphatic rings. The summed E-state index contributed by atoms with van der Waals surface area (Å²) in [4.78, 5) is 10.5. The third-order valence-electron chi connectivity index (χ3n) is 3.15. The first-order valence-corrected chi connectivity index (χ1v) is 6.21. The minimum Gasteiger partial charge on any atom is -0.381 e. The van der Waals surface area contributed by atoms with Crippen LogP contribution in [0.2, 0.25) is 0 Å². The lowest BCUT2D eigenvalue weighted by Gasteiger charge is -2.10. The SMILES string of the molecule is Cc1ccc(F)cc1NCc1ccc(C)c([N+](=O)[O-])c1. The molecule has 2 rings (SSSR count). The highest BCUT2D eigenvalue weighted by molar-refractivity contribution is 5.51. The van der Waals surface area contributed by atoms with Crippen molar-refractivity contribution in [3.63, 3.8) is 0 Å². The van der Waals surface area contributed by atoms with Gasteiger partial charge in [-0.3, -0.25) is 10.1 Å². The first-order valence-electron chi connectivity index (χ1n) is 6.21. The molecule has 0 heterocycles. The Labute approximate surface area is 116 Å². The van der Waals surface area contributed by atoms with Crippen LogP contribution in [0.4, 0.5) is 15.8 Å². The summed E-state index contributed by atoms with van der Waals surface area (Å²) in [7, 11) is 0. The molecule has 0 aliphatic heterocycles. The summed E-state index contributed by atoms with van der Waals surface area (Å²) in [6, 6.07) is 9.58. The van der Waals surface area contributed by atoms with Crippen LogP contribution in [0.5, 0.6) is 0 Å². The van der Waals surface area contributed by atoms with Gasteiger partial charge in [0.25, 0.3) is 5.69 Å². The molecule has 4 nitrogen and oxygen atoms in total. The average molecular weight is 274 g/mol. The maximum Gasteiger partial charge on any atom is 0.272 e. The van der Waals surface area contributed by atoms with E-state index < -0.39 is 4.92 Å². The molecule has 20 heavy (non-hydrogen) atoms. The Bertz CT molecular complexity index is 656. The van der Waals surface area contributed by atoms with E-state index in [0.717, 1.165) is 11.1 Å². The Morgan fingerprint density at radius 1 is 1.15 bits per heavy atom. The lowest BCUT2D eigenvalue weighted by Crippen LogP contribution is -2.02. The zero-order chi connectivity index (χ0) is 14.7. The first-order chi connectivity index (χ1) is 9.47. The Balaban J connectivity index is 2.17. The van der Waals surface area contributed by atoms with E-state index >= 15 is 0 Å². The van der Waals surface area contributed by atoms with Gasteiger partial charge >= 0.3 is 0 Å². The summed E-state index contributed by atoms with van der Waals surface area (Å²) in [5.41, 5.74) is 3.12. The number of hydrogen-bond acceptors (Lipinski definition) is 3. The standard InChI is InChI=1S/C15H15FN2O2/c1-10-4-6-13(16)8-14(10)17-9-12-5-3-11(2)15(7-12)18(19)20/h3-8,17H,9H2,1-2H3. The number of nitro groups is 1. The average Bonchev–Trinajstić information content (AvgIpc) is 2.41. The van der Waals surface area contributed by atoms with Crippen LogP contribution in [0.25, 0.3) is 0 Å². The van der Waals surface area contributed by atoms with Crippen LogP contribution < -0.4 is 5.32 Å². The fourth-order valence-corrected chi connectivity index (χ4v) is 1.94. The van der Waals surface area contributed by atoms with Crippen molar-refractivity contribution in [1.82, 2.24) is 0 Å². The number of nitro benzene ring substituents is 1. The van der Waals surface area contributed by atoms with Gasteiger partial charge in [-0.15, -0.1) is 0 Å². The minimum absolute atomic E-state index is 0.0975. The number of anilines is 1. The molecule has 0 amide bonds. The molecule has 0 saturated carbocycles. The van der Waals surface area contributed by atoms with Crippen molar-refractivity contribution in [2.24, 2.45) is 0 Å². The van der Waals surface area contributed by atoms with Crippen LogP contribution >= 0.6 is 0 Å². The molecule has 2 aromatic rings. The largest absolute Gasteiger partial charge is 0.381 e. The zero-order valence-electron chi connectivity index (χ0n) is 11.3. The second kappa shape index (κ2) is 5.69. The summed E-state index contributed by atoms with van der Waals surface area (Å²) in [6.07, 6.45) is 0. The molecule has 5 heteroatoms. The smallest absolute Gasteiger partial charge is 0.272 e. The maximum absolute atomic E-state index is 13.2. The lowest BCUT2D eigenvalue weighted by atomic mass is 10.1. The van der Waals surface area contributed by atoms with Gasteiger partial charge in [0.15, 0.2) is 0 Å². The second-order valence-electron chi connectivity index (χ2n) is 4.69. The van der Waals surface area contributed by atoms with Crippen LogP contribution in [0.1, 0.15) is 16.7 Å². The van der Waals surface area contributed by atoms with Gasteiger partial charge in [0, 0.05) is 23.9 Å². The number of hydrogen-bond donors (Lipinski definition) is 1. The Morgan fingerprint density at radius 2 is 1.85 bits per heavy atom. The molecule has 0 aliphatic carbocycles. The summed E-state index contributed by atoms with van der Waals surface area (Å²) in [6.45, 7) is 3.98. The number of benzene rings is 2. The summed E-state index contributed by atoms with van der Waals surface area (Å²) < 4.78 is 13.2. The van der Waals surface area contributed by atoms with E-state index in [4.69, 9.17) is 0 Å². The number of nitrogens with zero attached hydrogens (tertiary/aromatic N) is 1. The van der Waals surface area contributed by atoms with Crippen LogP contribution in [0, 0.1) is 29.8 Å². The zero-order valence-corrected chi connectivity index (χ0v) is 11.3. The van der Waals surface area contributed by atoms with Crippen molar-refractivity contribution in [2.45, 2.75) is 20.4 Å². The Hall–Kier alpha value is -2.43. The maximum atomic E-state index is 13.2. The van der Waals surface area contributed by atoms with E-state index in [1.165, 1.54) is 18.2 Å². The van der Waals surface area contributed by atoms with Gasteiger partial charge in [0.2, 0.25) is 0 Å². The molecular weight excluding hydrogens is 259 g/mol. The van der Waals surface area contributed by atoms with E-state index in [1.54, 1.807) is 19.1 Å². The first kappa shape index (κ1) is 14.0. The molecule has 0 atom stereocenters. The molecule has 0 saturated heterocycles. The van der Waals surface area contributed by atoms with Crippen molar-refractivity contribution >= 4 is 11.4 Å². The molecule has 0 unspecified atom stereocenters. The molecule has 0 spiro atoms. The highest BCUT2D eigenvalue weighted by atomic mass is 19.1. The monoisotopic (exact) mass is 274 g/mol. The van der Waals surface area contributed by atoms with E-state index in [2.05, 4.69) is 5.32 Å². The van der Waals surface area contributed by atoms with Crippen molar-refractivity contribution in [2.75, 3.05) is 5.32 Å². The van der Waals surface area contributed by atoms with Gasteiger partial charge in [-0.1, -0.05) is 18.2 Å². The summed E-state index contributed by atoms with van der Waals surface area (Å²) in [5.74, 6) is -0.312. The third-order valence-corrected chi connectivity index (χ3v) is 3.15. The second-order valence-corrected chi connectivity index (χ2v) is 4.69. The topological polar surface area (TPSA) is 55.2 Å². The number of nitrogens with one attached hydrogen (secondary N) is 1. The van der Waals surface area contributed by atoms with Crippen LogP contribution in [0.3, 0.4) is 0 Å². The molecule has 0 radical (unpaired) electrons.